The van der Waals surface area contributed by atoms with Crippen LogP contribution in [0.3, 0.4) is 0 Å². The van der Waals surface area contributed by atoms with Gasteiger partial charge in [0.1, 0.15) is 0 Å². The Hall–Kier alpha value is -1.31. The summed E-state index contributed by atoms with van der Waals surface area (Å²) in [6, 6.07) is 4.06. The first-order valence-electron chi connectivity index (χ1n) is 3.69. The third-order valence-electron chi connectivity index (χ3n) is 1.77. The van der Waals surface area contributed by atoms with E-state index in [-0.39, 0.29) is 11.7 Å². The van der Waals surface area contributed by atoms with Gasteiger partial charge in [0.2, 0.25) is 6.79 Å². The van der Waals surface area contributed by atoms with E-state index >= 15 is 0 Å². The molecule has 0 saturated carbocycles. The predicted octanol–water partition coefficient (Wildman–Crippen LogP) is 0.0828. The average Bonchev–Trinajstić information content (AvgIpc) is 2.64. The Morgan fingerprint density at radius 2 is 2.00 bits per heavy atom. The fourth-order valence-corrected chi connectivity index (χ4v) is 1.71. The summed E-state index contributed by atoms with van der Waals surface area (Å²) in [6.45, 7) is 0.0748. The number of rotatable bonds is 2. The number of hydrogen-bond acceptors (Lipinski definition) is 5. The van der Waals surface area contributed by atoms with Gasteiger partial charge in [-0.2, -0.15) is 0 Å². The summed E-state index contributed by atoms with van der Waals surface area (Å²) < 4.78 is 32.3. The summed E-state index contributed by atoms with van der Waals surface area (Å²) in [5.74, 6) is 0.836. The van der Waals surface area contributed by atoms with Crippen LogP contribution in [-0.2, 0) is 10.0 Å². The van der Waals surface area contributed by atoms with E-state index in [1.54, 1.807) is 0 Å². The molecular weight excluding hydrogens is 210 g/mol. The first-order chi connectivity index (χ1) is 6.63. The summed E-state index contributed by atoms with van der Waals surface area (Å²) in [5, 5.41) is 8.39. The van der Waals surface area contributed by atoms with E-state index in [1.807, 2.05) is 0 Å². The fraction of sp³-hybridized carbons (Fsp3) is 0.143. The molecule has 1 aromatic carbocycles. The first-order valence-corrected chi connectivity index (χ1v) is 5.17. The van der Waals surface area contributed by atoms with Gasteiger partial charge in [0, 0.05) is 6.07 Å². The Kier molecular flexibility index (Phi) is 2.06. The van der Waals surface area contributed by atoms with Gasteiger partial charge in [-0.1, -0.05) is 4.89 Å². The molecular formula is C7H7NO5S. The largest absolute Gasteiger partial charge is 0.454 e. The van der Waals surface area contributed by atoms with Gasteiger partial charge in [-0.15, -0.1) is 0 Å². The van der Waals surface area contributed by atoms with Crippen molar-refractivity contribution in [2.45, 2.75) is 4.90 Å². The minimum absolute atomic E-state index is 0.0748. The predicted molar refractivity (Wildman–Crippen MR) is 44.7 cm³/mol. The lowest BCUT2D eigenvalue weighted by Gasteiger charge is -2.01. The number of hydrogen-bond donors (Lipinski definition) is 2. The van der Waals surface area contributed by atoms with Crippen LogP contribution < -0.4 is 14.4 Å². The van der Waals surface area contributed by atoms with Crippen molar-refractivity contribution < 1.29 is 23.1 Å². The number of ether oxygens (including phenoxy) is 2. The van der Waals surface area contributed by atoms with Crippen molar-refractivity contribution >= 4 is 10.0 Å². The molecule has 0 bridgehead atoms. The third kappa shape index (κ3) is 1.41. The summed E-state index contributed by atoms with van der Waals surface area (Å²) in [5.41, 5.74) is 0. The van der Waals surface area contributed by atoms with Crippen molar-refractivity contribution in [3.63, 3.8) is 0 Å². The summed E-state index contributed by atoms with van der Waals surface area (Å²) in [6.07, 6.45) is 0. The molecule has 0 spiro atoms. The van der Waals surface area contributed by atoms with Crippen molar-refractivity contribution in [3.8, 4) is 11.5 Å². The molecule has 7 heteroatoms. The zero-order valence-electron chi connectivity index (χ0n) is 6.93. The maximum absolute atomic E-state index is 11.1. The summed E-state index contributed by atoms with van der Waals surface area (Å²) in [7, 11) is -3.85. The van der Waals surface area contributed by atoms with Gasteiger partial charge in [0.05, 0.1) is 4.90 Å². The highest BCUT2D eigenvalue weighted by molar-refractivity contribution is 7.89. The molecule has 6 nitrogen and oxygen atoms in total. The number of sulfonamides is 1. The Morgan fingerprint density at radius 1 is 1.29 bits per heavy atom. The maximum atomic E-state index is 11.1. The third-order valence-corrected chi connectivity index (χ3v) is 2.89. The van der Waals surface area contributed by atoms with Gasteiger partial charge in [0.15, 0.2) is 11.5 Å². The van der Waals surface area contributed by atoms with E-state index in [4.69, 9.17) is 14.7 Å². The molecule has 0 saturated heterocycles. The zero-order chi connectivity index (χ0) is 10.2. The monoisotopic (exact) mass is 217 g/mol. The molecule has 1 aliphatic rings. The lowest BCUT2D eigenvalue weighted by atomic mass is 10.3. The van der Waals surface area contributed by atoms with Crippen LogP contribution >= 0.6 is 0 Å². The Morgan fingerprint density at radius 3 is 2.71 bits per heavy atom. The maximum Gasteiger partial charge on any atom is 0.262 e. The quantitative estimate of drug-likeness (QED) is 0.685. The smallest absolute Gasteiger partial charge is 0.262 e. The molecule has 0 fully saturated rings. The summed E-state index contributed by atoms with van der Waals surface area (Å²) >= 11 is 0. The molecule has 14 heavy (non-hydrogen) atoms. The van der Waals surface area contributed by atoms with E-state index in [1.165, 1.54) is 23.1 Å². The standard InChI is InChI=1S/C7H7NO5S/c9-8-14(10,11)5-1-2-6-7(3-5)13-4-12-6/h1-3,8-9H,4H2. The molecule has 1 aromatic rings. The van der Waals surface area contributed by atoms with Gasteiger partial charge < -0.3 is 14.7 Å². The highest BCUT2D eigenvalue weighted by atomic mass is 32.2. The SMILES string of the molecule is O=S(=O)(NO)c1ccc2c(c1)OCO2. The van der Waals surface area contributed by atoms with Gasteiger partial charge in [-0.25, -0.2) is 8.42 Å². The van der Waals surface area contributed by atoms with Crippen LogP contribution in [0.2, 0.25) is 0 Å². The van der Waals surface area contributed by atoms with Crippen LogP contribution in [0, 0.1) is 0 Å². The Balaban J connectivity index is 2.48. The van der Waals surface area contributed by atoms with E-state index in [9.17, 15) is 8.42 Å². The molecule has 0 atom stereocenters. The number of fused-ring (bicyclic) bond motifs is 1. The second kappa shape index (κ2) is 3.12. The average molecular weight is 217 g/mol. The second-order valence-electron chi connectivity index (χ2n) is 2.61. The van der Waals surface area contributed by atoms with Crippen molar-refractivity contribution in [1.82, 2.24) is 4.89 Å². The normalized spacial score (nSPS) is 14.4. The van der Waals surface area contributed by atoms with E-state index in [2.05, 4.69) is 0 Å². The molecule has 1 heterocycles. The molecule has 2 rings (SSSR count). The lowest BCUT2D eigenvalue weighted by Crippen LogP contribution is -2.19. The highest BCUT2D eigenvalue weighted by Gasteiger charge is 2.19. The van der Waals surface area contributed by atoms with Gasteiger partial charge >= 0.3 is 0 Å². The van der Waals surface area contributed by atoms with Crippen LogP contribution in [0.4, 0.5) is 0 Å². The lowest BCUT2D eigenvalue weighted by molar-refractivity contribution is 0.174. The second-order valence-corrected chi connectivity index (χ2v) is 4.27. The van der Waals surface area contributed by atoms with E-state index in [0.717, 1.165) is 0 Å². The minimum Gasteiger partial charge on any atom is -0.454 e. The fourth-order valence-electron chi connectivity index (χ4n) is 1.10. The molecule has 0 aromatic heterocycles. The van der Waals surface area contributed by atoms with Crippen LogP contribution in [0.5, 0.6) is 11.5 Å². The summed E-state index contributed by atoms with van der Waals surface area (Å²) in [4.78, 5) is 1.15. The number of nitrogens with one attached hydrogen (secondary N) is 1. The highest BCUT2D eigenvalue weighted by Crippen LogP contribution is 2.33. The topological polar surface area (TPSA) is 84.9 Å². The van der Waals surface area contributed by atoms with Crippen molar-refractivity contribution in [1.29, 1.82) is 0 Å². The molecule has 0 radical (unpaired) electrons. The van der Waals surface area contributed by atoms with E-state index in [0.29, 0.717) is 11.5 Å². The van der Waals surface area contributed by atoms with Gasteiger partial charge in [0.25, 0.3) is 10.0 Å². The Labute approximate surface area is 80.1 Å². The Bertz CT molecular complexity index is 455. The van der Waals surface area contributed by atoms with E-state index < -0.39 is 10.0 Å². The minimum atomic E-state index is -3.85. The molecule has 0 unspecified atom stereocenters. The number of benzene rings is 1. The molecule has 0 amide bonds. The van der Waals surface area contributed by atoms with Crippen LogP contribution in [0.25, 0.3) is 0 Å². The van der Waals surface area contributed by atoms with Crippen molar-refractivity contribution in [3.05, 3.63) is 18.2 Å². The molecule has 1 aliphatic heterocycles. The zero-order valence-corrected chi connectivity index (χ0v) is 7.74. The van der Waals surface area contributed by atoms with Crippen LogP contribution in [0.1, 0.15) is 0 Å². The van der Waals surface area contributed by atoms with Gasteiger partial charge in [-0.05, 0) is 12.1 Å². The molecule has 2 N–H and O–H groups in total. The van der Waals surface area contributed by atoms with Crippen LogP contribution in [0.15, 0.2) is 23.1 Å². The molecule has 76 valence electrons. The molecule has 0 aliphatic carbocycles. The van der Waals surface area contributed by atoms with Gasteiger partial charge in [-0.3, -0.25) is 0 Å². The van der Waals surface area contributed by atoms with Crippen molar-refractivity contribution in [2.24, 2.45) is 0 Å². The van der Waals surface area contributed by atoms with Crippen molar-refractivity contribution in [2.75, 3.05) is 6.79 Å². The first kappa shape index (κ1) is 9.25. The van der Waals surface area contributed by atoms with Crippen LogP contribution in [-0.4, -0.2) is 20.4 Å².